The Kier molecular flexibility index (Phi) is 5.48. The van der Waals surface area contributed by atoms with E-state index in [1.54, 1.807) is 6.20 Å². The van der Waals surface area contributed by atoms with Crippen molar-refractivity contribution in [2.24, 2.45) is 0 Å². The van der Waals surface area contributed by atoms with Gasteiger partial charge >= 0.3 is 0 Å². The van der Waals surface area contributed by atoms with Crippen molar-refractivity contribution in [1.82, 2.24) is 15.0 Å². The molecule has 1 atom stereocenters. The van der Waals surface area contributed by atoms with Crippen LogP contribution in [0.4, 0.5) is 11.5 Å². The summed E-state index contributed by atoms with van der Waals surface area (Å²) in [6.45, 7) is 5.44. The van der Waals surface area contributed by atoms with Gasteiger partial charge in [0, 0.05) is 29.7 Å². The van der Waals surface area contributed by atoms with Gasteiger partial charge in [-0.05, 0) is 63.1 Å². The van der Waals surface area contributed by atoms with Crippen molar-refractivity contribution in [3.05, 3.63) is 59.9 Å². The molecule has 6 nitrogen and oxygen atoms in total. The summed E-state index contributed by atoms with van der Waals surface area (Å²) in [5.74, 6) is 2.23. The fraction of sp³-hybridized carbons (Fsp3) is 0.318. The molecule has 1 aliphatic heterocycles. The molecule has 0 bridgehead atoms. The molecule has 28 heavy (non-hydrogen) atoms. The molecule has 3 aromatic rings. The molecule has 0 aliphatic carbocycles. The SMILES string of the molecule is Cc1nc(-c2ccccn2)nc(Nc2ccc(OCC3CCCO3)cc2)c1C. The second-order valence-electron chi connectivity index (χ2n) is 6.92. The molecular formula is C22H24N4O2. The molecule has 1 saturated heterocycles. The lowest BCUT2D eigenvalue weighted by atomic mass is 10.2. The van der Waals surface area contributed by atoms with Crippen molar-refractivity contribution >= 4 is 11.5 Å². The van der Waals surface area contributed by atoms with Crippen LogP contribution in [0.1, 0.15) is 24.1 Å². The Labute approximate surface area is 165 Å². The van der Waals surface area contributed by atoms with Crippen LogP contribution in [-0.2, 0) is 4.74 Å². The molecule has 1 unspecified atom stereocenters. The van der Waals surface area contributed by atoms with Gasteiger partial charge in [0.25, 0.3) is 0 Å². The summed E-state index contributed by atoms with van der Waals surface area (Å²) in [5, 5.41) is 3.39. The maximum atomic E-state index is 5.83. The molecule has 1 aliphatic rings. The van der Waals surface area contributed by atoms with Gasteiger partial charge in [0.1, 0.15) is 23.9 Å². The van der Waals surface area contributed by atoms with Crippen LogP contribution < -0.4 is 10.1 Å². The van der Waals surface area contributed by atoms with Gasteiger partial charge in [-0.2, -0.15) is 0 Å². The Bertz CT molecular complexity index is 923. The average molecular weight is 376 g/mol. The van der Waals surface area contributed by atoms with Crippen LogP contribution in [0.2, 0.25) is 0 Å². The summed E-state index contributed by atoms with van der Waals surface area (Å²) in [6, 6.07) is 13.6. The van der Waals surface area contributed by atoms with Gasteiger partial charge in [-0.25, -0.2) is 9.97 Å². The molecule has 144 valence electrons. The number of aromatic nitrogens is 3. The Morgan fingerprint density at radius 2 is 1.96 bits per heavy atom. The van der Waals surface area contributed by atoms with Gasteiger partial charge in [-0.15, -0.1) is 0 Å². The molecule has 1 fully saturated rings. The maximum absolute atomic E-state index is 5.83. The highest BCUT2D eigenvalue weighted by atomic mass is 16.5. The van der Waals surface area contributed by atoms with Crippen LogP contribution in [-0.4, -0.2) is 34.3 Å². The predicted octanol–water partition coefficient (Wildman–Crippen LogP) is 4.46. The molecule has 6 heteroatoms. The minimum absolute atomic E-state index is 0.217. The molecule has 2 aromatic heterocycles. The summed E-state index contributed by atoms with van der Waals surface area (Å²) in [4.78, 5) is 13.6. The van der Waals surface area contributed by atoms with Crippen molar-refractivity contribution in [2.45, 2.75) is 32.8 Å². The molecule has 0 amide bonds. The fourth-order valence-corrected chi connectivity index (χ4v) is 3.10. The van der Waals surface area contributed by atoms with Crippen LogP contribution >= 0.6 is 0 Å². The van der Waals surface area contributed by atoms with Gasteiger partial charge < -0.3 is 14.8 Å². The third-order valence-electron chi connectivity index (χ3n) is 4.86. The highest BCUT2D eigenvalue weighted by molar-refractivity contribution is 5.63. The molecule has 0 radical (unpaired) electrons. The van der Waals surface area contributed by atoms with Gasteiger partial charge in [0.15, 0.2) is 5.82 Å². The molecular weight excluding hydrogens is 352 g/mol. The number of nitrogens with one attached hydrogen (secondary N) is 1. The van der Waals surface area contributed by atoms with Crippen molar-refractivity contribution in [1.29, 1.82) is 0 Å². The zero-order valence-electron chi connectivity index (χ0n) is 16.2. The van der Waals surface area contributed by atoms with Crippen LogP contribution in [0, 0.1) is 13.8 Å². The van der Waals surface area contributed by atoms with Crippen molar-refractivity contribution in [3.63, 3.8) is 0 Å². The Morgan fingerprint density at radius 3 is 2.68 bits per heavy atom. The van der Waals surface area contributed by atoms with Crippen molar-refractivity contribution in [2.75, 3.05) is 18.5 Å². The van der Waals surface area contributed by atoms with Gasteiger partial charge in [-0.1, -0.05) is 6.07 Å². The zero-order chi connectivity index (χ0) is 19.3. The second-order valence-corrected chi connectivity index (χ2v) is 6.92. The number of nitrogens with zero attached hydrogens (tertiary/aromatic N) is 3. The molecule has 3 heterocycles. The van der Waals surface area contributed by atoms with E-state index in [0.717, 1.165) is 53.7 Å². The zero-order valence-corrected chi connectivity index (χ0v) is 16.2. The first-order chi connectivity index (χ1) is 13.7. The fourth-order valence-electron chi connectivity index (χ4n) is 3.10. The lowest BCUT2D eigenvalue weighted by Gasteiger charge is -2.14. The third-order valence-corrected chi connectivity index (χ3v) is 4.86. The van der Waals surface area contributed by atoms with E-state index in [4.69, 9.17) is 9.47 Å². The first-order valence-electron chi connectivity index (χ1n) is 9.57. The Morgan fingerprint density at radius 1 is 1.11 bits per heavy atom. The molecule has 1 N–H and O–H groups in total. The second kappa shape index (κ2) is 8.35. The van der Waals surface area contributed by atoms with Crippen LogP contribution in [0.5, 0.6) is 5.75 Å². The van der Waals surface area contributed by atoms with Crippen molar-refractivity contribution < 1.29 is 9.47 Å². The van der Waals surface area contributed by atoms with E-state index in [-0.39, 0.29) is 6.10 Å². The third kappa shape index (κ3) is 4.28. The van der Waals surface area contributed by atoms with Crippen LogP contribution in [0.3, 0.4) is 0 Å². The van der Waals surface area contributed by atoms with E-state index in [9.17, 15) is 0 Å². The number of hydrogen-bond donors (Lipinski definition) is 1. The topological polar surface area (TPSA) is 69.2 Å². The Hall–Kier alpha value is -2.99. The van der Waals surface area contributed by atoms with E-state index < -0.39 is 0 Å². The monoisotopic (exact) mass is 376 g/mol. The predicted molar refractivity (Wildman–Crippen MR) is 109 cm³/mol. The molecule has 0 spiro atoms. The summed E-state index contributed by atoms with van der Waals surface area (Å²) in [6.07, 6.45) is 4.16. The number of rotatable bonds is 6. The number of aryl methyl sites for hydroxylation is 1. The normalized spacial score (nSPS) is 16.1. The van der Waals surface area contributed by atoms with Crippen LogP contribution in [0.25, 0.3) is 11.5 Å². The maximum Gasteiger partial charge on any atom is 0.180 e. The summed E-state index contributed by atoms with van der Waals surface area (Å²) >= 11 is 0. The number of hydrogen-bond acceptors (Lipinski definition) is 6. The van der Waals surface area contributed by atoms with Crippen molar-refractivity contribution in [3.8, 4) is 17.3 Å². The minimum atomic E-state index is 0.217. The summed E-state index contributed by atoms with van der Waals surface area (Å²) in [5.41, 5.74) is 3.64. The highest BCUT2D eigenvalue weighted by Gasteiger charge is 2.16. The van der Waals surface area contributed by atoms with Crippen LogP contribution in [0.15, 0.2) is 48.7 Å². The lowest BCUT2D eigenvalue weighted by molar-refractivity contribution is 0.0679. The molecule has 1 aromatic carbocycles. The molecule has 4 rings (SSSR count). The van der Waals surface area contributed by atoms with E-state index >= 15 is 0 Å². The van der Waals surface area contributed by atoms with E-state index in [2.05, 4.69) is 20.3 Å². The van der Waals surface area contributed by atoms with E-state index in [0.29, 0.717) is 12.4 Å². The Balaban J connectivity index is 1.48. The van der Waals surface area contributed by atoms with E-state index in [1.165, 1.54) is 0 Å². The minimum Gasteiger partial charge on any atom is -0.491 e. The lowest BCUT2D eigenvalue weighted by Crippen LogP contribution is -2.16. The first-order valence-corrected chi connectivity index (χ1v) is 9.57. The summed E-state index contributed by atoms with van der Waals surface area (Å²) < 4.78 is 11.4. The number of benzene rings is 1. The quantitative estimate of drug-likeness (QED) is 0.685. The number of pyridine rings is 1. The van der Waals surface area contributed by atoms with Gasteiger partial charge in [0.05, 0.1) is 6.10 Å². The van der Waals surface area contributed by atoms with Gasteiger partial charge in [-0.3, -0.25) is 4.98 Å². The first kappa shape index (κ1) is 18.4. The number of anilines is 2. The van der Waals surface area contributed by atoms with Gasteiger partial charge in [0.2, 0.25) is 0 Å². The number of ether oxygens (including phenoxy) is 2. The van der Waals surface area contributed by atoms with E-state index in [1.807, 2.05) is 56.3 Å². The molecule has 0 saturated carbocycles. The standard InChI is InChI=1S/C22H24N4O2/c1-15-16(2)24-22(20-7-3-4-12-23-20)26-21(15)25-17-8-10-18(11-9-17)28-14-19-6-5-13-27-19/h3-4,7-12,19H,5-6,13-14H2,1-2H3,(H,24,25,26). The average Bonchev–Trinajstić information content (AvgIpc) is 3.25. The highest BCUT2D eigenvalue weighted by Crippen LogP contribution is 2.25. The smallest absolute Gasteiger partial charge is 0.180 e. The summed E-state index contributed by atoms with van der Waals surface area (Å²) in [7, 11) is 0. The largest absolute Gasteiger partial charge is 0.491 e.